The lowest BCUT2D eigenvalue weighted by Crippen LogP contribution is -2.40. The van der Waals surface area contributed by atoms with E-state index in [0.29, 0.717) is 18.8 Å². The molecule has 7 nitrogen and oxygen atoms in total. The zero-order valence-corrected chi connectivity index (χ0v) is 20.9. The van der Waals surface area contributed by atoms with Gasteiger partial charge in [-0.3, -0.25) is 9.79 Å². The fraction of sp³-hybridized carbons (Fsp3) is 0.478. The summed E-state index contributed by atoms with van der Waals surface area (Å²) >= 11 is 0. The van der Waals surface area contributed by atoms with Crippen molar-refractivity contribution in [2.45, 2.75) is 39.2 Å². The average Bonchev–Trinajstić information content (AvgIpc) is 3.44. The molecule has 0 bridgehead atoms. The lowest BCUT2D eigenvalue weighted by molar-refractivity contribution is 0.0925. The number of amides is 1. The van der Waals surface area contributed by atoms with Gasteiger partial charge in [-0.1, -0.05) is 12.1 Å². The number of anilines is 1. The molecule has 170 valence electrons. The van der Waals surface area contributed by atoms with Crippen molar-refractivity contribution in [1.82, 2.24) is 16.0 Å². The van der Waals surface area contributed by atoms with E-state index in [1.807, 2.05) is 6.92 Å². The summed E-state index contributed by atoms with van der Waals surface area (Å²) < 4.78 is 5.21. The summed E-state index contributed by atoms with van der Waals surface area (Å²) in [5, 5.41) is 9.64. The van der Waals surface area contributed by atoms with Crippen LogP contribution in [0.1, 0.15) is 53.9 Å². The van der Waals surface area contributed by atoms with Crippen LogP contribution in [0.4, 0.5) is 5.69 Å². The van der Waals surface area contributed by atoms with E-state index in [0.717, 1.165) is 31.0 Å². The van der Waals surface area contributed by atoms with E-state index in [9.17, 15) is 4.79 Å². The van der Waals surface area contributed by atoms with Gasteiger partial charge in [0, 0.05) is 44.5 Å². The molecule has 1 aromatic heterocycles. The number of carbonyl (C=O) groups excluding carboxylic acids is 1. The van der Waals surface area contributed by atoms with Crippen molar-refractivity contribution >= 4 is 41.5 Å². The highest BCUT2D eigenvalue weighted by Crippen LogP contribution is 2.23. The SMILES string of the molecule is CN=C(NCCCNC(=O)c1occc1C)NC(C)c1cccc(N2CCCC2)c1.I. The summed E-state index contributed by atoms with van der Waals surface area (Å²) in [6.45, 7) is 7.56. The Morgan fingerprint density at radius 3 is 2.61 bits per heavy atom. The Morgan fingerprint density at radius 2 is 1.94 bits per heavy atom. The number of guanidine groups is 1. The molecule has 0 radical (unpaired) electrons. The molecule has 3 N–H and O–H groups in total. The molecule has 1 atom stereocenters. The number of rotatable bonds is 8. The highest BCUT2D eigenvalue weighted by molar-refractivity contribution is 14.0. The van der Waals surface area contributed by atoms with Crippen molar-refractivity contribution in [2.75, 3.05) is 38.1 Å². The molecule has 0 aliphatic carbocycles. The van der Waals surface area contributed by atoms with Crippen LogP contribution < -0.4 is 20.9 Å². The quantitative estimate of drug-likeness (QED) is 0.206. The van der Waals surface area contributed by atoms with E-state index in [2.05, 4.69) is 57.0 Å². The highest BCUT2D eigenvalue weighted by atomic mass is 127. The van der Waals surface area contributed by atoms with Crippen molar-refractivity contribution in [3.8, 4) is 0 Å². The summed E-state index contributed by atoms with van der Waals surface area (Å²) in [7, 11) is 1.77. The third kappa shape index (κ3) is 7.15. The Bertz CT molecular complexity index is 861. The van der Waals surface area contributed by atoms with Crippen LogP contribution in [-0.4, -0.2) is 45.1 Å². The molecule has 3 rings (SSSR count). The fourth-order valence-electron chi connectivity index (χ4n) is 3.63. The number of carbonyl (C=O) groups is 1. The molecule has 2 heterocycles. The first-order chi connectivity index (χ1) is 14.6. The van der Waals surface area contributed by atoms with E-state index >= 15 is 0 Å². The first-order valence-corrected chi connectivity index (χ1v) is 10.7. The predicted octanol–water partition coefficient (Wildman–Crippen LogP) is 3.85. The Labute approximate surface area is 202 Å². The summed E-state index contributed by atoms with van der Waals surface area (Å²) in [5.74, 6) is 0.958. The second-order valence-electron chi connectivity index (χ2n) is 7.70. The first kappa shape index (κ1) is 25.0. The normalized spacial score (nSPS) is 14.7. The van der Waals surface area contributed by atoms with Crippen molar-refractivity contribution in [3.05, 3.63) is 53.5 Å². The minimum Gasteiger partial charge on any atom is -0.459 e. The minimum absolute atomic E-state index is 0. The molecule has 31 heavy (non-hydrogen) atoms. The third-order valence-corrected chi connectivity index (χ3v) is 5.42. The van der Waals surface area contributed by atoms with Crippen LogP contribution in [0.15, 0.2) is 46.0 Å². The van der Waals surface area contributed by atoms with Crippen molar-refractivity contribution in [1.29, 1.82) is 0 Å². The number of benzene rings is 1. The largest absolute Gasteiger partial charge is 0.459 e. The molecule has 0 saturated carbocycles. The molecule has 1 saturated heterocycles. The molecular weight excluding hydrogens is 505 g/mol. The lowest BCUT2D eigenvalue weighted by Gasteiger charge is -2.22. The molecule has 1 unspecified atom stereocenters. The summed E-state index contributed by atoms with van der Waals surface area (Å²) in [6.07, 6.45) is 4.86. The van der Waals surface area contributed by atoms with Crippen molar-refractivity contribution in [2.24, 2.45) is 4.99 Å². The molecule has 1 aromatic carbocycles. The van der Waals surface area contributed by atoms with Crippen LogP contribution in [0.2, 0.25) is 0 Å². The van der Waals surface area contributed by atoms with Gasteiger partial charge in [-0.15, -0.1) is 24.0 Å². The van der Waals surface area contributed by atoms with Crippen LogP contribution in [0.25, 0.3) is 0 Å². The zero-order valence-electron chi connectivity index (χ0n) is 18.6. The van der Waals surface area contributed by atoms with Gasteiger partial charge in [-0.2, -0.15) is 0 Å². The summed E-state index contributed by atoms with van der Waals surface area (Å²) in [4.78, 5) is 18.8. The molecule has 2 aromatic rings. The van der Waals surface area contributed by atoms with Crippen molar-refractivity contribution in [3.63, 3.8) is 0 Å². The Kier molecular flexibility index (Phi) is 10.2. The Balaban J connectivity index is 0.00000341. The first-order valence-electron chi connectivity index (χ1n) is 10.7. The van der Waals surface area contributed by atoms with Gasteiger partial charge in [0.25, 0.3) is 5.91 Å². The van der Waals surface area contributed by atoms with Crippen LogP contribution in [0.3, 0.4) is 0 Å². The molecular formula is C23H34IN5O2. The Hall–Kier alpha value is -2.23. The summed E-state index contributed by atoms with van der Waals surface area (Å²) in [5.41, 5.74) is 3.38. The van der Waals surface area contributed by atoms with Crippen LogP contribution in [0.5, 0.6) is 0 Å². The van der Waals surface area contributed by atoms with Crippen LogP contribution >= 0.6 is 24.0 Å². The second-order valence-corrected chi connectivity index (χ2v) is 7.70. The predicted molar refractivity (Wildman–Crippen MR) is 137 cm³/mol. The number of aliphatic imine (C=N–C) groups is 1. The maximum absolute atomic E-state index is 12.0. The number of halogens is 1. The van der Waals surface area contributed by atoms with Gasteiger partial charge < -0.3 is 25.3 Å². The van der Waals surface area contributed by atoms with E-state index in [4.69, 9.17) is 4.42 Å². The molecule has 1 amide bonds. The topological polar surface area (TPSA) is 81.9 Å². The molecule has 8 heteroatoms. The van der Waals surface area contributed by atoms with Crippen molar-refractivity contribution < 1.29 is 9.21 Å². The van der Waals surface area contributed by atoms with Crippen LogP contribution in [0, 0.1) is 6.92 Å². The summed E-state index contributed by atoms with van der Waals surface area (Å²) in [6, 6.07) is 10.7. The number of furan rings is 1. The van der Waals surface area contributed by atoms with Gasteiger partial charge in [0.15, 0.2) is 11.7 Å². The zero-order chi connectivity index (χ0) is 21.3. The highest BCUT2D eigenvalue weighted by Gasteiger charge is 2.15. The lowest BCUT2D eigenvalue weighted by atomic mass is 10.1. The van der Waals surface area contributed by atoms with Crippen LogP contribution in [-0.2, 0) is 0 Å². The molecule has 0 spiro atoms. The number of nitrogens with one attached hydrogen (secondary N) is 3. The smallest absolute Gasteiger partial charge is 0.287 e. The maximum atomic E-state index is 12.0. The average molecular weight is 539 g/mol. The fourth-order valence-corrected chi connectivity index (χ4v) is 3.63. The standard InChI is InChI=1S/C23H33N5O2.HI/c1-17-10-15-30-21(17)22(29)25-11-7-12-26-23(24-3)27-18(2)19-8-6-9-20(16-19)28-13-4-5-14-28;/h6,8-10,15-16,18H,4-5,7,11-14H2,1-3H3,(H,25,29)(H2,24,26,27);1H. The van der Waals surface area contributed by atoms with E-state index in [1.165, 1.54) is 30.4 Å². The number of hydrogen-bond donors (Lipinski definition) is 3. The van der Waals surface area contributed by atoms with E-state index < -0.39 is 0 Å². The molecule has 1 aliphatic heterocycles. The number of aryl methyl sites for hydroxylation is 1. The Morgan fingerprint density at radius 1 is 1.19 bits per heavy atom. The second kappa shape index (κ2) is 12.6. The monoisotopic (exact) mass is 539 g/mol. The minimum atomic E-state index is -0.175. The molecule has 1 fully saturated rings. The van der Waals surface area contributed by atoms with Gasteiger partial charge in [-0.25, -0.2) is 0 Å². The number of hydrogen-bond acceptors (Lipinski definition) is 4. The van der Waals surface area contributed by atoms with E-state index in [-0.39, 0.29) is 35.9 Å². The van der Waals surface area contributed by atoms with E-state index in [1.54, 1.807) is 13.1 Å². The molecule has 1 aliphatic rings. The third-order valence-electron chi connectivity index (χ3n) is 5.42. The van der Waals surface area contributed by atoms with Gasteiger partial charge in [0.2, 0.25) is 0 Å². The van der Waals surface area contributed by atoms with Gasteiger partial charge in [0.05, 0.1) is 12.3 Å². The van der Waals surface area contributed by atoms with Gasteiger partial charge in [0.1, 0.15) is 0 Å². The maximum Gasteiger partial charge on any atom is 0.287 e. The number of nitrogens with zero attached hydrogens (tertiary/aromatic N) is 2. The van der Waals surface area contributed by atoms with Gasteiger partial charge in [-0.05, 0) is 56.9 Å². The van der Waals surface area contributed by atoms with Gasteiger partial charge >= 0.3 is 0 Å².